The van der Waals surface area contributed by atoms with Crippen LogP contribution in [0.4, 0.5) is 0 Å². The molecule has 3 aromatic carbocycles. The first-order chi connectivity index (χ1) is 21.5. The first-order valence-corrected chi connectivity index (χ1v) is 15.8. The molecule has 1 atom stereocenters. The summed E-state index contributed by atoms with van der Waals surface area (Å²) in [6.07, 6.45) is 6.24. The Morgan fingerprint density at radius 3 is 2.42 bits per heavy atom. The highest BCUT2D eigenvalue weighted by molar-refractivity contribution is 5.99. The standard InChI is InChI=1S/C39H41N3O3/c1-24-26(3)42(23-27-11-13-29(14-12-27)33-9-7-8-10-34(33)38(44)45-39(4,5)6)36-18-17-30(20-35(24)36)37(43)41-25(2)31-19-32(22-40-21-31)28-15-16-28/h7-14,17-22,25,28H,15-16,23H2,1-6H3,(H,41,43). The maximum atomic E-state index is 13.3. The molecule has 1 saturated carbocycles. The highest BCUT2D eigenvalue weighted by atomic mass is 16.6. The van der Waals surface area contributed by atoms with Crippen molar-refractivity contribution in [3.63, 3.8) is 0 Å². The third-order valence-corrected chi connectivity index (χ3v) is 8.73. The predicted octanol–water partition coefficient (Wildman–Crippen LogP) is 8.69. The Kier molecular flexibility index (Phi) is 8.08. The molecule has 1 unspecified atom stereocenters. The lowest BCUT2D eigenvalue weighted by Crippen LogP contribution is -2.26. The number of carbonyl (C=O) groups excluding carboxylic acids is 2. The van der Waals surface area contributed by atoms with Crippen LogP contribution >= 0.6 is 0 Å². The number of pyridine rings is 1. The number of esters is 1. The van der Waals surface area contributed by atoms with Gasteiger partial charge in [0.05, 0.1) is 11.6 Å². The maximum Gasteiger partial charge on any atom is 0.339 e. The van der Waals surface area contributed by atoms with Crippen LogP contribution in [0, 0.1) is 13.8 Å². The van der Waals surface area contributed by atoms with Crippen molar-refractivity contribution >= 4 is 22.8 Å². The van der Waals surface area contributed by atoms with E-state index in [1.807, 2.05) is 76.5 Å². The lowest BCUT2D eigenvalue weighted by atomic mass is 9.98. The molecule has 6 rings (SSSR count). The molecule has 6 nitrogen and oxygen atoms in total. The second kappa shape index (κ2) is 12.0. The third kappa shape index (κ3) is 6.56. The number of nitrogens with zero attached hydrogens (tertiary/aromatic N) is 2. The summed E-state index contributed by atoms with van der Waals surface area (Å²) < 4.78 is 7.95. The summed E-state index contributed by atoms with van der Waals surface area (Å²) in [5.41, 5.74) is 9.32. The van der Waals surface area contributed by atoms with Crippen LogP contribution in [-0.2, 0) is 11.3 Å². The van der Waals surface area contributed by atoms with Gasteiger partial charge in [-0.25, -0.2) is 4.79 Å². The van der Waals surface area contributed by atoms with Crippen molar-refractivity contribution in [3.05, 3.63) is 124 Å². The minimum absolute atomic E-state index is 0.0896. The second-order valence-corrected chi connectivity index (χ2v) is 13.3. The lowest BCUT2D eigenvalue weighted by Gasteiger charge is -2.20. The zero-order valence-electron chi connectivity index (χ0n) is 27.0. The van der Waals surface area contributed by atoms with E-state index in [9.17, 15) is 9.59 Å². The maximum absolute atomic E-state index is 13.3. The number of hydrogen-bond donors (Lipinski definition) is 1. The van der Waals surface area contributed by atoms with Crippen molar-refractivity contribution < 1.29 is 14.3 Å². The van der Waals surface area contributed by atoms with Gasteiger partial charge in [0.1, 0.15) is 5.60 Å². The number of ether oxygens (including phenoxy) is 1. The number of rotatable bonds is 8. The van der Waals surface area contributed by atoms with Crippen molar-refractivity contribution in [1.82, 2.24) is 14.9 Å². The van der Waals surface area contributed by atoms with Gasteiger partial charge in [-0.15, -0.1) is 0 Å². The summed E-state index contributed by atoms with van der Waals surface area (Å²) in [6.45, 7) is 12.6. The Morgan fingerprint density at radius 2 is 1.71 bits per heavy atom. The minimum atomic E-state index is -0.563. The smallest absolute Gasteiger partial charge is 0.339 e. The molecule has 5 aromatic rings. The number of amides is 1. The van der Waals surface area contributed by atoms with Gasteiger partial charge in [-0.2, -0.15) is 0 Å². The Hall–Kier alpha value is -4.71. The molecule has 0 saturated heterocycles. The van der Waals surface area contributed by atoms with Crippen LogP contribution < -0.4 is 5.32 Å². The molecule has 6 heteroatoms. The minimum Gasteiger partial charge on any atom is -0.456 e. The van der Waals surface area contributed by atoms with Gasteiger partial charge in [-0.1, -0.05) is 48.5 Å². The fourth-order valence-electron chi connectivity index (χ4n) is 5.93. The van der Waals surface area contributed by atoms with E-state index in [0.717, 1.165) is 38.7 Å². The first kappa shape index (κ1) is 30.3. The monoisotopic (exact) mass is 599 g/mol. The van der Waals surface area contributed by atoms with E-state index in [-0.39, 0.29) is 17.9 Å². The first-order valence-electron chi connectivity index (χ1n) is 15.8. The summed E-state index contributed by atoms with van der Waals surface area (Å²) in [6, 6.07) is 23.9. The Labute approximate surface area is 265 Å². The molecule has 1 aliphatic carbocycles. The zero-order valence-corrected chi connectivity index (χ0v) is 27.0. The van der Waals surface area contributed by atoms with E-state index in [2.05, 4.69) is 65.1 Å². The molecular formula is C39H41N3O3. The van der Waals surface area contributed by atoms with Crippen molar-refractivity contribution in [2.45, 2.75) is 78.5 Å². The molecular weight excluding hydrogens is 558 g/mol. The Morgan fingerprint density at radius 1 is 0.978 bits per heavy atom. The normalized spacial score (nSPS) is 13.9. The Balaban J connectivity index is 1.20. The van der Waals surface area contributed by atoms with Crippen LogP contribution in [-0.4, -0.2) is 27.0 Å². The molecule has 45 heavy (non-hydrogen) atoms. The molecule has 1 fully saturated rings. The van der Waals surface area contributed by atoms with Crippen molar-refractivity contribution in [1.29, 1.82) is 0 Å². The van der Waals surface area contributed by atoms with Gasteiger partial charge in [0.15, 0.2) is 0 Å². The highest BCUT2D eigenvalue weighted by Crippen LogP contribution is 2.40. The summed E-state index contributed by atoms with van der Waals surface area (Å²) >= 11 is 0. The summed E-state index contributed by atoms with van der Waals surface area (Å²) in [4.78, 5) is 30.6. The van der Waals surface area contributed by atoms with Crippen LogP contribution in [0.3, 0.4) is 0 Å². The van der Waals surface area contributed by atoms with Gasteiger partial charge in [-0.3, -0.25) is 9.78 Å². The number of aromatic nitrogens is 2. The van der Waals surface area contributed by atoms with E-state index in [0.29, 0.717) is 23.6 Å². The summed E-state index contributed by atoms with van der Waals surface area (Å²) in [7, 11) is 0. The third-order valence-electron chi connectivity index (χ3n) is 8.73. The van der Waals surface area contributed by atoms with Crippen molar-refractivity contribution in [2.24, 2.45) is 0 Å². The molecule has 0 bridgehead atoms. The van der Waals surface area contributed by atoms with E-state index >= 15 is 0 Å². The molecule has 0 radical (unpaired) electrons. The van der Waals surface area contributed by atoms with Crippen molar-refractivity contribution in [3.8, 4) is 11.1 Å². The SMILES string of the molecule is Cc1c(C)n(Cc2ccc(-c3ccccc3C(=O)OC(C)(C)C)cc2)c2ccc(C(=O)NC(C)c3cncc(C4CC4)c3)cc12. The number of nitrogens with one attached hydrogen (secondary N) is 1. The van der Waals surface area contributed by atoms with E-state index in [4.69, 9.17) is 4.74 Å². The number of benzene rings is 3. The molecule has 2 aromatic heterocycles. The number of hydrogen-bond acceptors (Lipinski definition) is 4. The molecule has 230 valence electrons. The quantitative estimate of drug-likeness (QED) is 0.181. The summed E-state index contributed by atoms with van der Waals surface area (Å²) in [5, 5.41) is 4.25. The topological polar surface area (TPSA) is 73.2 Å². The summed E-state index contributed by atoms with van der Waals surface area (Å²) in [5.74, 6) is 0.208. The fourth-order valence-corrected chi connectivity index (χ4v) is 5.93. The van der Waals surface area contributed by atoms with Crippen LogP contribution in [0.1, 0.15) is 101 Å². The predicted molar refractivity (Wildman–Crippen MR) is 180 cm³/mol. The van der Waals surface area contributed by atoms with Crippen LogP contribution in [0.25, 0.3) is 22.0 Å². The molecule has 2 heterocycles. The average molecular weight is 600 g/mol. The molecule has 0 spiro atoms. The molecule has 1 aliphatic rings. The van der Waals surface area contributed by atoms with Gasteiger partial charge < -0.3 is 14.6 Å². The lowest BCUT2D eigenvalue weighted by molar-refractivity contribution is 0.00703. The number of fused-ring (bicyclic) bond motifs is 1. The van der Waals surface area contributed by atoms with Crippen LogP contribution in [0.15, 0.2) is 85.2 Å². The van der Waals surface area contributed by atoms with Gasteiger partial charge in [-0.05, 0) is 118 Å². The zero-order chi connectivity index (χ0) is 31.9. The van der Waals surface area contributed by atoms with Crippen LogP contribution in [0.2, 0.25) is 0 Å². The number of carbonyl (C=O) groups is 2. The average Bonchev–Trinajstić information content (AvgIpc) is 3.85. The Bertz CT molecular complexity index is 1890. The molecule has 1 amide bonds. The van der Waals surface area contributed by atoms with Gasteiger partial charge in [0.2, 0.25) is 0 Å². The van der Waals surface area contributed by atoms with E-state index in [1.54, 1.807) is 0 Å². The largest absolute Gasteiger partial charge is 0.456 e. The van der Waals surface area contributed by atoms with Gasteiger partial charge >= 0.3 is 5.97 Å². The van der Waals surface area contributed by atoms with Crippen molar-refractivity contribution in [2.75, 3.05) is 0 Å². The molecule has 1 N–H and O–H groups in total. The van der Waals surface area contributed by atoms with E-state index in [1.165, 1.54) is 24.1 Å². The van der Waals surface area contributed by atoms with Gasteiger partial charge in [0.25, 0.3) is 5.91 Å². The van der Waals surface area contributed by atoms with E-state index < -0.39 is 5.60 Å². The number of aryl methyl sites for hydroxylation is 1. The van der Waals surface area contributed by atoms with Crippen LogP contribution in [0.5, 0.6) is 0 Å². The highest BCUT2D eigenvalue weighted by Gasteiger charge is 2.25. The fraction of sp³-hybridized carbons (Fsp3) is 0.308. The van der Waals surface area contributed by atoms with Gasteiger partial charge in [0, 0.05) is 41.1 Å². The second-order valence-electron chi connectivity index (χ2n) is 13.3. The molecule has 0 aliphatic heterocycles.